The third-order valence-electron chi connectivity index (χ3n) is 4.77. The number of nitrogens with one attached hydrogen (secondary N) is 1. The van der Waals surface area contributed by atoms with Gasteiger partial charge in [-0.25, -0.2) is 0 Å². The van der Waals surface area contributed by atoms with Gasteiger partial charge in [-0.3, -0.25) is 9.59 Å². The van der Waals surface area contributed by atoms with Crippen molar-refractivity contribution in [1.29, 1.82) is 5.26 Å². The molecule has 0 saturated carbocycles. The van der Waals surface area contributed by atoms with Gasteiger partial charge < -0.3 is 14.8 Å². The molecule has 0 atom stereocenters. The van der Waals surface area contributed by atoms with E-state index in [1.54, 1.807) is 32.3 Å². The first-order chi connectivity index (χ1) is 14.5. The van der Waals surface area contributed by atoms with Crippen LogP contribution >= 0.6 is 0 Å². The Kier molecular flexibility index (Phi) is 6.66. The molecule has 1 aromatic heterocycles. The van der Waals surface area contributed by atoms with Crippen molar-refractivity contribution in [1.82, 2.24) is 14.8 Å². The van der Waals surface area contributed by atoms with Crippen LogP contribution in [0.15, 0.2) is 60.8 Å². The summed E-state index contributed by atoms with van der Waals surface area (Å²) in [6.45, 7) is 0.993. The van der Waals surface area contributed by atoms with Gasteiger partial charge in [-0.2, -0.15) is 5.26 Å². The zero-order chi connectivity index (χ0) is 21.5. The topological polar surface area (TPSA) is 78.1 Å². The van der Waals surface area contributed by atoms with E-state index in [9.17, 15) is 9.59 Å². The first-order valence-corrected chi connectivity index (χ1v) is 9.71. The average molecular weight is 400 g/mol. The zero-order valence-electron chi connectivity index (χ0n) is 17.1. The van der Waals surface area contributed by atoms with Crippen LogP contribution in [0.5, 0.6) is 0 Å². The number of aromatic nitrogens is 1. The minimum absolute atomic E-state index is 0.0533. The van der Waals surface area contributed by atoms with E-state index in [2.05, 4.69) is 11.4 Å². The van der Waals surface area contributed by atoms with E-state index in [4.69, 9.17) is 5.26 Å². The number of amides is 2. The Balaban J connectivity index is 1.64. The third kappa shape index (κ3) is 4.95. The van der Waals surface area contributed by atoms with Gasteiger partial charge in [-0.15, -0.1) is 0 Å². The molecule has 6 heteroatoms. The van der Waals surface area contributed by atoms with Crippen LogP contribution in [-0.4, -0.2) is 35.4 Å². The van der Waals surface area contributed by atoms with Crippen LogP contribution in [0.25, 0.3) is 17.0 Å². The Morgan fingerprint density at radius 1 is 1.13 bits per heavy atom. The molecule has 0 aliphatic heterocycles. The van der Waals surface area contributed by atoms with Crippen molar-refractivity contribution in [2.45, 2.75) is 19.5 Å². The van der Waals surface area contributed by atoms with Crippen molar-refractivity contribution in [2.24, 2.45) is 0 Å². The number of rotatable bonds is 7. The smallest absolute Gasteiger partial charge is 0.253 e. The molecule has 0 radical (unpaired) electrons. The Hall–Kier alpha value is -3.85. The summed E-state index contributed by atoms with van der Waals surface area (Å²) < 4.78 is 2.03. The van der Waals surface area contributed by atoms with Gasteiger partial charge in [0.2, 0.25) is 5.91 Å². The average Bonchev–Trinajstić information content (AvgIpc) is 3.12. The molecule has 0 aliphatic rings. The van der Waals surface area contributed by atoms with Crippen molar-refractivity contribution in [3.05, 3.63) is 77.5 Å². The van der Waals surface area contributed by atoms with E-state index in [-0.39, 0.29) is 11.8 Å². The second kappa shape index (κ2) is 9.57. The van der Waals surface area contributed by atoms with Crippen molar-refractivity contribution < 1.29 is 9.59 Å². The number of carbonyl (C=O) groups is 2. The molecule has 1 heterocycles. The van der Waals surface area contributed by atoms with Gasteiger partial charge in [0.1, 0.15) is 0 Å². The molecule has 3 aromatic rings. The van der Waals surface area contributed by atoms with Gasteiger partial charge >= 0.3 is 0 Å². The van der Waals surface area contributed by atoms with Crippen molar-refractivity contribution in [3.8, 4) is 6.07 Å². The molecule has 0 saturated heterocycles. The summed E-state index contributed by atoms with van der Waals surface area (Å²) in [6.07, 6.45) is 5.70. The number of nitrogens with zero attached hydrogens (tertiary/aromatic N) is 3. The summed E-state index contributed by atoms with van der Waals surface area (Å²) in [5.74, 6) is -0.250. The highest BCUT2D eigenvalue weighted by atomic mass is 16.2. The predicted molar refractivity (Wildman–Crippen MR) is 118 cm³/mol. The fourth-order valence-electron chi connectivity index (χ4n) is 3.20. The molecule has 0 fully saturated rings. The van der Waals surface area contributed by atoms with E-state index in [1.807, 2.05) is 47.2 Å². The van der Waals surface area contributed by atoms with E-state index in [1.165, 1.54) is 11.0 Å². The summed E-state index contributed by atoms with van der Waals surface area (Å²) in [4.78, 5) is 25.7. The lowest BCUT2D eigenvalue weighted by Gasteiger charge is -2.10. The molecular formula is C24H24N4O2. The van der Waals surface area contributed by atoms with Crippen LogP contribution in [-0.2, 0) is 17.9 Å². The molecule has 6 nitrogen and oxygen atoms in total. The third-order valence-corrected chi connectivity index (χ3v) is 4.77. The minimum atomic E-state index is -0.197. The zero-order valence-corrected chi connectivity index (χ0v) is 17.1. The Morgan fingerprint density at radius 3 is 2.57 bits per heavy atom. The number of benzene rings is 2. The number of para-hydroxylation sites is 1. The first-order valence-electron chi connectivity index (χ1n) is 9.71. The number of hydrogen-bond donors (Lipinski definition) is 1. The summed E-state index contributed by atoms with van der Waals surface area (Å²) in [7, 11) is 3.42. The van der Waals surface area contributed by atoms with Gasteiger partial charge in [0.25, 0.3) is 5.91 Å². The number of nitriles is 1. The summed E-state index contributed by atoms with van der Waals surface area (Å²) in [6, 6.07) is 17.3. The highest BCUT2D eigenvalue weighted by Gasteiger charge is 2.08. The second-order valence-corrected chi connectivity index (χ2v) is 7.15. The van der Waals surface area contributed by atoms with Crippen LogP contribution < -0.4 is 5.32 Å². The molecule has 2 amide bonds. The molecule has 0 bridgehead atoms. The maximum Gasteiger partial charge on any atom is 0.253 e. The lowest BCUT2D eigenvalue weighted by atomic mass is 10.1. The second-order valence-electron chi connectivity index (χ2n) is 7.15. The fourth-order valence-corrected chi connectivity index (χ4v) is 3.20. The van der Waals surface area contributed by atoms with Gasteiger partial charge in [-0.05, 0) is 29.8 Å². The molecule has 0 aliphatic carbocycles. The van der Waals surface area contributed by atoms with Gasteiger partial charge in [0, 0.05) is 61.5 Å². The maximum atomic E-state index is 12.3. The van der Waals surface area contributed by atoms with Crippen LogP contribution in [0, 0.1) is 11.3 Å². The van der Waals surface area contributed by atoms with Gasteiger partial charge in [0.05, 0.1) is 12.5 Å². The van der Waals surface area contributed by atoms with Crippen molar-refractivity contribution >= 4 is 28.8 Å². The van der Waals surface area contributed by atoms with Crippen molar-refractivity contribution in [2.75, 3.05) is 14.1 Å². The van der Waals surface area contributed by atoms with E-state index < -0.39 is 0 Å². The lowest BCUT2D eigenvalue weighted by Crippen LogP contribution is -2.22. The van der Waals surface area contributed by atoms with Crippen molar-refractivity contribution in [3.63, 3.8) is 0 Å². The highest BCUT2D eigenvalue weighted by Crippen LogP contribution is 2.22. The molecule has 0 unspecified atom stereocenters. The molecule has 3 rings (SSSR count). The van der Waals surface area contributed by atoms with Crippen LogP contribution in [0.1, 0.15) is 27.9 Å². The molecular weight excluding hydrogens is 376 g/mol. The first kappa shape index (κ1) is 20.9. The standard InChI is InChI=1S/C24H24N4O2/c1-27(2)24(30)19-10-8-18(9-11-19)16-26-23(29)13-12-20-17-28(15-5-14-25)22-7-4-3-6-21(20)22/h3-4,6-13,17H,5,15-16H2,1-2H3,(H,26,29)/b13-12+. The predicted octanol–water partition coefficient (Wildman–Crippen LogP) is 3.59. The SMILES string of the molecule is CN(C)C(=O)c1ccc(CNC(=O)/C=C/c2cn(CCC#N)c3ccccc23)cc1. The minimum Gasteiger partial charge on any atom is -0.348 e. The lowest BCUT2D eigenvalue weighted by molar-refractivity contribution is -0.116. The molecule has 2 aromatic carbocycles. The fraction of sp³-hybridized carbons (Fsp3) is 0.208. The Bertz CT molecular complexity index is 1120. The normalized spacial score (nSPS) is 10.8. The van der Waals surface area contributed by atoms with Gasteiger partial charge in [-0.1, -0.05) is 30.3 Å². The van der Waals surface area contributed by atoms with E-state index >= 15 is 0 Å². The largest absolute Gasteiger partial charge is 0.348 e. The highest BCUT2D eigenvalue weighted by molar-refractivity contribution is 5.96. The summed E-state index contributed by atoms with van der Waals surface area (Å²) in [5.41, 5.74) is 3.51. The number of carbonyl (C=O) groups excluding carboxylic acids is 2. The summed E-state index contributed by atoms with van der Waals surface area (Å²) >= 11 is 0. The monoisotopic (exact) mass is 400 g/mol. The molecule has 30 heavy (non-hydrogen) atoms. The van der Waals surface area contributed by atoms with E-state index in [0.29, 0.717) is 25.1 Å². The summed E-state index contributed by atoms with van der Waals surface area (Å²) in [5, 5.41) is 12.8. The Morgan fingerprint density at radius 2 is 1.87 bits per heavy atom. The maximum absolute atomic E-state index is 12.3. The molecule has 152 valence electrons. The number of hydrogen-bond acceptors (Lipinski definition) is 3. The molecule has 0 spiro atoms. The van der Waals surface area contributed by atoms with E-state index in [0.717, 1.165) is 22.0 Å². The molecule has 1 N–H and O–H groups in total. The van der Waals surface area contributed by atoms with Crippen LogP contribution in [0.2, 0.25) is 0 Å². The Labute approximate surface area is 176 Å². The quantitative estimate of drug-likeness (QED) is 0.616. The van der Waals surface area contributed by atoms with Crippen LogP contribution in [0.3, 0.4) is 0 Å². The van der Waals surface area contributed by atoms with Crippen LogP contribution in [0.4, 0.5) is 0 Å². The number of fused-ring (bicyclic) bond motifs is 1. The number of aryl methyl sites for hydroxylation is 1. The van der Waals surface area contributed by atoms with Gasteiger partial charge in [0.15, 0.2) is 0 Å².